The number of allylic oxidation sites excluding steroid dienone is 1. The molecule has 1 aliphatic rings. The summed E-state index contributed by atoms with van der Waals surface area (Å²) in [7, 11) is 0. The maximum absolute atomic E-state index is 13.2. The van der Waals surface area contributed by atoms with Gasteiger partial charge in [0.1, 0.15) is 0 Å². The molecule has 28 heavy (non-hydrogen) atoms. The van der Waals surface area contributed by atoms with Crippen LogP contribution in [-0.4, -0.2) is 44.7 Å². The molecular formula is C21H22N4O3. The summed E-state index contributed by atoms with van der Waals surface area (Å²) in [6, 6.07) is 7.72. The van der Waals surface area contributed by atoms with Crippen molar-refractivity contribution in [3.63, 3.8) is 0 Å². The largest absolute Gasteiger partial charge is 0.461 e. The minimum absolute atomic E-state index is 0.0608. The number of para-hydroxylation sites is 1. The summed E-state index contributed by atoms with van der Waals surface area (Å²) in [4.78, 5) is 30.5. The van der Waals surface area contributed by atoms with Crippen LogP contribution in [0.3, 0.4) is 0 Å². The van der Waals surface area contributed by atoms with E-state index in [0.717, 1.165) is 22.2 Å². The topological polar surface area (TPSA) is 80.2 Å². The predicted octanol–water partition coefficient (Wildman–Crippen LogP) is 2.93. The fraction of sp³-hybridized carbons (Fsp3) is 0.286. The number of carbonyl (C=O) groups is 2. The Balaban J connectivity index is 1.67. The summed E-state index contributed by atoms with van der Waals surface area (Å²) in [5.74, 6) is -0.516. The minimum atomic E-state index is -0.456. The van der Waals surface area contributed by atoms with E-state index in [-0.39, 0.29) is 18.2 Å². The first-order valence-corrected chi connectivity index (χ1v) is 9.36. The van der Waals surface area contributed by atoms with Gasteiger partial charge in [-0.15, -0.1) is 6.58 Å². The number of benzene rings is 1. The Morgan fingerprint density at radius 3 is 2.96 bits per heavy atom. The zero-order valence-corrected chi connectivity index (χ0v) is 15.8. The summed E-state index contributed by atoms with van der Waals surface area (Å²) in [5, 5.41) is 5.33. The number of rotatable bonds is 5. The van der Waals surface area contributed by atoms with Crippen LogP contribution in [0, 0.1) is 0 Å². The summed E-state index contributed by atoms with van der Waals surface area (Å²) in [5.41, 5.74) is 3.57. The lowest BCUT2D eigenvalue weighted by atomic mass is 10.0. The molecule has 0 atom stereocenters. The highest BCUT2D eigenvalue weighted by atomic mass is 16.5. The van der Waals surface area contributed by atoms with Crippen molar-refractivity contribution in [2.75, 3.05) is 13.2 Å². The molecule has 0 bridgehead atoms. The fourth-order valence-corrected chi connectivity index (χ4v) is 3.72. The lowest BCUT2D eigenvalue weighted by Crippen LogP contribution is -2.36. The molecule has 0 saturated carbocycles. The first kappa shape index (κ1) is 18.0. The van der Waals surface area contributed by atoms with Crippen LogP contribution < -0.4 is 0 Å². The van der Waals surface area contributed by atoms with Gasteiger partial charge in [0.05, 0.1) is 25.3 Å². The molecule has 0 saturated heterocycles. The van der Waals surface area contributed by atoms with Crippen molar-refractivity contribution in [3.05, 3.63) is 65.6 Å². The van der Waals surface area contributed by atoms with Crippen molar-refractivity contribution in [1.29, 1.82) is 0 Å². The first-order valence-electron chi connectivity index (χ1n) is 9.36. The number of hydrogen-bond donors (Lipinski definition) is 1. The molecule has 0 spiro atoms. The van der Waals surface area contributed by atoms with Gasteiger partial charge in [-0.2, -0.15) is 5.10 Å². The molecule has 7 nitrogen and oxygen atoms in total. The molecule has 1 amide bonds. The number of hydrogen-bond acceptors (Lipinski definition) is 4. The monoisotopic (exact) mass is 378 g/mol. The van der Waals surface area contributed by atoms with Crippen molar-refractivity contribution >= 4 is 22.8 Å². The highest BCUT2D eigenvalue weighted by molar-refractivity contribution is 6.06. The lowest BCUT2D eigenvalue weighted by Gasteiger charge is -2.27. The maximum atomic E-state index is 13.2. The van der Waals surface area contributed by atoms with E-state index in [9.17, 15) is 9.59 Å². The standard InChI is InChI=1S/C21H22N4O3/c1-3-10-25-18-9-11-24(13-16(18)19(23-25)21(27)28-4-2)20(26)15-12-22-17-8-6-5-7-14(15)17/h3,5-8,12,22H,1,4,9-11,13H2,2H3. The van der Waals surface area contributed by atoms with E-state index >= 15 is 0 Å². The minimum Gasteiger partial charge on any atom is -0.461 e. The van der Waals surface area contributed by atoms with Gasteiger partial charge in [-0.3, -0.25) is 9.48 Å². The zero-order chi connectivity index (χ0) is 19.7. The molecular weight excluding hydrogens is 356 g/mol. The second-order valence-corrected chi connectivity index (χ2v) is 6.69. The smallest absolute Gasteiger partial charge is 0.359 e. The van der Waals surface area contributed by atoms with E-state index in [1.54, 1.807) is 28.8 Å². The molecule has 0 unspecified atom stereocenters. The van der Waals surface area contributed by atoms with Crippen LogP contribution in [0.2, 0.25) is 0 Å². The number of nitrogens with zero attached hydrogens (tertiary/aromatic N) is 3. The fourth-order valence-electron chi connectivity index (χ4n) is 3.72. The van der Waals surface area contributed by atoms with Crippen LogP contribution in [0.15, 0.2) is 43.1 Å². The molecule has 1 aromatic carbocycles. The summed E-state index contributed by atoms with van der Waals surface area (Å²) in [6.45, 7) is 7.21. The van der Waals surface area contributed by atoms with Crippen molar-refractivity contribution in [3.8, 4) is 0 Å². The van der Waals surface area contributed by atoms with E-state index in [2.05, 4.69) is 16.7 Å². The van der Waals surface area contributed by atoms with Gasteiger partial charge < -0.3 is 14.6 Å². The quantitative estimate of drug-likeness (QED) is 0.547. The molecule has 1 aliphatic heterocycles. The lowest BCUT2D eigenvalue weighted by molar-refractivity contribution is 0.0513. The van der Waals surface area contributed by atoms with Crippen molar-refractivity contribution in [1.82, 2.24) is 19.7 Å². The van der Waals surface area contributed by atoms with E-state index in [1.807, 2.05) is 24.3 Å². The van der Waals surface area contributed by atoms with Gasteiger partial charge in [-0.1, -0.05) is 24.3 Å². The number of amides is 1. The molecule has 144 valence electrons. The number of ether oxygens (including phenoxy) is 1. The molecule has 3 aromatic rings. The van der Waals surface area contributed by atoms with Gasteiger partial charge in [-0.05, 0) is 13.0 Å². The molecule has 0 aliphatic carbocycles. The highest BCUT2D eigenvalue weighted by Gasteiger charge is 2.31. The SMILES string of the molecule is C=CCn1nc(C(=O)OCC)c2c1CCN(C(=O)c1c[nH]c3ccccc13)C2. The molecule has 0 fully saturated rings. The Morgan fingerprint density at radius 2 is 2.18 bits per heavy atom. The zero-order valence-electron chi connectivity index (χ0n) is 15.8. The Kier molecular flexibility index (Phi) is 4.73. The number of esters is 1. The Morgan fingerprint density at radius 1 is 1.36 bits per heavy atom. The molecule has 7 heteroatoms. The third-order valence-electron chi connectivity index (χ3n) is 5.01. The number of H-pyrrole nitrogens is 1. The third-order valence-corrected chi connectivity index (χ3v) is 5.01. The first-order chi connectivity index (χ1) is 13.6. The molecule has 2 aromatic heterocycles. The summed E-state index contributed by atoms with van der Waals surface area (Å²) in [6.07, 6.45) is 4.12. The van der Waals surface area contributed by atoms with Gasteiger partial charge in [0.2, 0.25) is 0 Å². The number of aromatic amines is 1. The van der Waals surface area contributed by atoms with Gasteiger partial charge >= 0.3 is 5.97 Å². The van der Waals surface area contributed by atoms with E-state index < -0.39 is 5.97 Å². The van der Waals surface area contributed by atoms with E-state index in [4.69, 9.17) is 4.74 Å². The van der Waals surface area contributed by atoms with Crippen molar-refractivity contribution < 1.29 is 14.3 Å². The molecule has 1 N–H and O–H groups in total. The van der Waals surface area contributed by atoms with Crippen molar-refractivity contribution in [2.45, 2.75) is 26.4 Å². The van der Waals surface area contributed by atoms with Crippen LogP contribution in [0.5, 0.6) is 0 Å². The summed E-state index contributed by atoms with van der Waals surface area (Å²) >= 11 is 0. The van der Waals surface area contributed by atoms with E-state index in [0.29, 0.717) is 31.6 Å². The van der Waals surface area contributed by atoms with Crippen LogP contribution in [0.4, 0.5) is 0 Å². The molecule has 0 radical (unpaired) electrons. The predicted molar refractivity (Wildman–Crippen MR) is 105 cm³/mol. The average Bonchev–Trinajstić information content (AvgIpc) is 3.29. The number of aromatic nitrogens is 3. The van der Waals surface area contributed by atoms with Gasteiger partial charge in [0.25, 0.3) is 5.91 Å². The Labute approximate surface area is 162 Å². The third kappa shape index (κ3) is 2.98. The Hall–Kier alpha value is -3.35. The van der Waals surface area contributed by atoms with Crippen LogP contribution >= 0.6 is 0 Å². The average molecular weight is 378 g/mol. The van der Waals surface area contributed by atoms with Gasteiger partial charge in [-0.25, -0.2) is 4.79 Å². The highest BCUT2D eigenvalue weighted by Crippen LogP contribution is 2.26. The van der Waals surface area contributed by atoms with E-state index in [1.165, 1.54) is 0 Å². The van der Waals surface area contributed by atoms with Crippen LogP contribution in [-0.2, 0) is 24.2 Å². The van der Waals surface area contributed by atoms with Gasteiger partial charge in [0, 0.05) is 41.3 Å². The van der Waals surface area contributed by atoms with Gasteiger partial charge in [0.15, 0.2) is 5.69 Å². The molecule has 4 rings (SSSR count). The second-order valence-electron chi connectivity index (χ2n) is 6.69. The summed E-state index contributed by atoms with van der Waals surface area (Å²) < 4.78 is 6.94. The number of nitrogens with one attached hydrogen (secondary N) is 1. The molecule has 3 heterocycles. The number of carbonyl (C=O) groups excluding carboxylic acids is 2. The van der Waals surface area contributed by atoms with Crippen LogP contribution in [0.25, 0.3) is 10.9 Å². The normalized spacial score (nSPS) is 13.4. The van der Waals surface area contributed by atoms with Crippen LogP contribution in [0.1, 0.15) is 39.0 Å². The second kappa shape index (κ2) is 7.34. The van der Waals surface area contributed by atoms with Crippen molar-refractivity contribution in [2.24, 2.45) is 0 Å². The number of fused-ring (bicyclic) bond motifs is 2. The Bertz CT molecular complexity index is 1060. The maximum Gasteiger partial charge on any atom is 0.359 e.